The molecular weight excluding hydrogens is 320 g/mol. The van der Waals surface area contributed by atoms with E-state index in [4.69, 9.17) is 4.74 Å². The second-order valence-electron chi connectivity index (χ2n) is 7.95. The number of ether oxygens (including phenoxy) is 1. The lowest BCUT2D eigenvalue weighted by atomic mass is 10.0. The van der Waals surface area contributed by atoms with Crippen LogP contribution in [0.5, 0.6) is 0 Å². The number of morpholine rings is 1. The molecule has 0 aliphatic carbocycles. The minimum atomic E-state index is -0.284. The third-order valence-electron chi connectivity index (χ3n) is 5.07. The van der Waals surface area contributed by atoms with Gasteiger partial charge in [-0.3, -0.25) is 9.69 Å². The molecule has 0 aromatic carbocycles. The molecule has 2 atom stereocenters. The van der Waals surface area contributed by atoms with Gasteiger partial charge in [-0.2, -0.15) is 0 Å². The second-order valence-corrected chi connectivity index (χ2v) is 7.95. The Balaban J connectivity index is 1.71. The first-order chi connectivity index (χ1) is 11.8. The first-order valence-electron chi connectivity index (χ1n) is 9.48. The summed E-state index contributed by atoms with van der Waals surface area (Å²) in [6, 6.07) is -0.284. The first kappa shape index (κ1) is 20.0. The molecule has 2 saturated heterocycles. The fourth-order valence-electron chi connectivity index (χ4n) is 3.55. The normalized spacial score (nSPS) is 25.5. The van der Waals surface area contributed by atoms with Crippen LogP contribution in [0.1, 0.15) is 47.0 Å². The Hall–Kier alpha value is -1.34. The highest BCUT2D eigenvalue weighted by atomic mass is 16.5. The maximum atomic E-state index is 12.1. The van der Waals surface area contributed by atoms with Crippen LogP contribution >= 0.6 is 0 Å². The number of amides is 3. The average molecular weight is 354 g/mol. The van der Waals surface area contributed by atoms with Crippen molar-refractivity contribution >= 4 is 11.9 Å². The van der Waals surface area contributed by atoms with Gasteiger partial charge in [-0.05, 0) is 47.0 Å². The quantitative estimate of drug-likeness (QED) is 0.778. The number of piperidine rings is 1. The Morgan fingerprint density at radius 1 is 1.04 bits per heavy atom. The minimum absolute atomic E-state index is 0.00457. The van der Waals surface area contributed by atoms with Gasteiger partial charge in [0.2, 0.25) is 5.91 Å². The van der Waals surface area contributed by atoms with Gasteiger partial charge in [0, 0.05) is 38.3 Å². The molecule has 0 aromatic rings. The highest BCUT2D eigenvalue weighted by molar-refractivity contribution is 5.84. The zero-order chi connectivity index (χ0) is 18.4. The minimum Gasteiger partial charge on any atom is -0.373 e. The van der Waals surface area contributed by atoms with Crippen molar-refractivity contribution in [1.29, 1.82) is 0 Å². The Kier molecular flexibility index (Phi) is 7.07. The summed E-state index contributed by atoms with van der Waals surface area (Å²) < 4.78 is 5.78. The van der Waals surface area contributed by atoms with Crippen molar-refractivity contribution in [2.75, 3.05) is 39.3 Å². The van der Waals surface area contributed by atoms with Crippen LogP contribution in [0.4, 0.5) is 4.79 Å². The van der Waals surface area contributed by atoms with Crippen molar-refractivity contribution in [2.45, 2.75) is 64.7 Å². The zero-order valence-electron chi connectivity index (χ0n) is 16.1. The van der Waals surface area contributed by atoms with E-state index < -0.39 is 0 Å². The van der Waals surface area contributed by atoms with Crippen molar-refractivity contribution < 1.29 is 14.3 Å². The van der Waals surface area contributed by atoms with Gasteiger partial charge in [-0.15, -0.1) is 0 Å². The van der Waals surface area contributed by atoms with E-state index in [1.54, 1.807) is 0 Å². The van der Waals surface area contributed by atoms with Gasteiger partial charge in [0.05, 0.1) is 18.8 Å². The van der Waals surface area contributed by atoms with Crippen LogP contribution in [0.3, 0.4) is 0 Å². The molecule has 2 fully saturated rings. The van der Waals surface area contributed by atoms with Crippen LogP contribution in [-0.4, -0.2) is 78.8 Å². The average Bonchev–Trinajstić information content (AvgIpc) is 2.58. The van der Waals surface area contributed by atoms with Gasteiger partial charge in [0.25, 0.3) is 0 Å². The van der Waals surface area contributed by atoms with Crippen LogP contribution in [0.2, 0.25) is 0 Å². The number of rotatable bonds is 5. The topological polar surface area (TPSA) is 73.9 Å². The second kappa shape index (κ2) is 8.85. The van der Waals surface area contributed by atoms with Crippen LogP contribution in [-0.2, 0) is 9.53 Å². The molecule has 0 spiro atoms. The summed E-state index contributed by atoms with van der Waals surface area (Å²) in [5, 5.41) is 5.59. The lowest BCUT2D eigenvalue weighted by molar-refractivity contribution is -0.130. The molecule has 0 bridgehead atoms. The number of carbonyl (C=O) groups excluding carboxylic acids is 2. The molecule has 0 aromatic heterocycles. The molecule has 25 heavy (non-hydrogen) atoms. The van der Waals surface area contributed by atoms with Gasteiger partial charge in [-0.25, -0.2) is 4.79 Å². The molecule has 3 amide bonds. The summed E-state index contributed by atoms with van der Waals surface area (Å²) in [5.41, 5.74) is -0.166. The van der Waals surface area contributed by atoms with E-state index in [0.29, 0.717) is 6.54 Å². The lowest BCUT2D eigenvalue weighted by Crippen LogP contribution is -2.59. The Bertz CT molecular complexity index is 453. The summed E-state index contributed by atoms with van der Waals surface area (Å²) in [6.45, 7) is 12.3. The number of urea groups is 1. The largest absolute Gasteiger partial charge is 0.373 e. The molecule has 2 rings (SSSR count). The van der Waals surface area contributed by atoms with Crippen molar-refractivity contribution in [3.8, 4) is 0 Å². The maximum Gasteiger partial charge on any atom is 0.315 e. The monoisotopic (exact) mass is 354 g/mol. The van der Waals surface area contributed by atoms with Crippen molar-refractivity contribution in [2.24, 2.45) is 0 Å². The summed E-state index contributed by atoms with van der Waals surface area (Å²) >= 11 is 0. The molecule has 7 nitrogen and oxygen atoms in total. The van der Waals surface area contributed by atoms with E-state index in [9.17, 15) is 9.59 Å². The third kappa shape index (κ3) is 6.15. The van der Waals surface area contributed by atoms with Crippen LogP contribution in [0.25, 0.3) is 0 Å². The standard InChI is InChI=1S/C18H34N4O3/c1-14-11-22(12-15(2)25-14)18(3,4)13-20-17(24)19-10-16(23)21-8-6-5-7-9-21/h14-15H,5-13H2,1-4H3,(H2,19,20,24). The molecular formula is C18H34N4O3. The van der Waals surface area contributed by atoms with Crippen molar-refractivity contribution in [3.63, 3.8) is 0 Å². The van der Waals surface area contributed by atoms with E-state index in [0.717, 1.165) is 39.0 Å². The van der Waals surface area contributed by atoms with Gasteiger partial charge in [0.1, 0.15) is 0 Å². The predicted octanol–water partition coefficient (Wildman–Crippen LogP) is 1.19. The number of carbonyl (C=O) groups is 2. The third-order valence-corrected chi connectivity index (χ3v) is 5.07. The highest BCUT2D eigenvalue weighted by Crippen LogP contribution is 2.20. The summed E-state index contributed by atoms with van der Waals surface area (Å²) in [6.07, 6.45) is 3.69. The van der Waals surface area contributed by atoms with Crippen LogP contribution in [0, 0.1) is 0 Å². The highest BCUT2D eigenvalue weighted by Gasteiger charge is 2.33. The fraction of sp³-hybridized carbons (Fsp3) is 0.889. The maximum absolute atomic E-state index is 12.1. The molecule has 2 aliphatic rings. The lowest BCUT2D eigenvalue weighted by Gasteiger charge is -2.45. The van der Waals surface area contributed by atoms with Crippen molar-refractivity contribution in [1.82, 2.24) is 20.4 Å². The van der Waals surface area contributed by atoms with Crippen LogP contribution < -0.4 is 10.6 Å². The van der Waals surface area contributed by atoms with Gasteiger partial charge in [-0.1, -0.05) is 0 Å². The van der Waals surface area contributed by atoms with Gasteiger partial charge in [0.15, 0.2) is 0 Å². The van der Waals surface area contributed by atoms with Crippen LogP contribution in [0.15, 0.2) is 0 Å². The predicted molar refractivity (Wildman–Crippen MR) is 97.5 cm³/mol. The van der Waals surface area contributed by atoms with E-state index in [1.807, 2.05) is 4.90 Å². The van der Waals surface area contributed by atoms with E-state index >= 15 is 0 Å². The summed E-state index contributed by atoms with van der Waals surface area (Å²) in [7, 11) is 0. The van der Waals surface area contributed by atoms with Gasteiger partial charge >= 0.3 is 6.03 Å². The first-order valence-corrected chi connectivity index (χ1v) is 9.48. The zero-order valence-corrected chi connectivity index (χ0v) is 16.1. The Morgan fingerprint density at radius 2 is 1.64 bits per heavy atom. The number of hydrogen-bond donors (Lipinski definition) is 2. The van der Waals surface area contributed by atoms with E-state index in [1.165, 1.54) is 6.42 Å². The smallest absolute Gasteiger partial charge is 0.315 e. The van der Waals surface area contributed by atoms with Gasteiger partial charge < -0.3 is 20.3 Å². The number of likely N-dealkylation sites (tertiary alicyclic amines) is 1. The Labute approximate surface area is 151 Å². The summed E-state index contributed by atoms with van der Waals surface area (Å²) in [4.78, 5) is 28.3. The number of nitrogens with zero attached hydrogens (tertiary/aromatic N) is 2. The molecule has 2 unspecified atom stereocenters. The molecule has 2 heterocycles. The van der Waals surface area contributed by atoms with E-state index in [2.05, 4.69) is 43.2 Å². The number of hydrogen-bond acceptors (Lipinski definition) is 4. The summed E-state index contributed by atoms with van der Waals surface area (Å²) in [5.74, 6) is 0.00457. The molecule has 2 aliphatic heterocycles. The fourth-order valence-corrected chi connectivity index (χ4v) is 3.55. The SMILES string of the molecule is CC1CN(C(C)(C)CNC(=O)NCC(=O)N2CCCCC2)CC(C)O1. The molecule has 144 valence electrons. The Morgan fingerprint density at radius 3 is 2.24 bits per heavy atom. The van der Waals surface area contributed by atoms with Crippen molar-refractivity contribution in [3.05, 3.63) is 0 Å². The molecule has 7 heteroatoms. The molecule has 0 radical (unpaired) electrons. The molecule has 2 N–H and O–H groups in total. The molecule has 0 saturated carbocycles. The van der Waals surface area contributed by atoms with E-state index in [-0.39, 0.29) is 36.2 Å². The number of nitrogens with one attached hydrogen (secondary N) is 2.